The van der Waals surface area contributed by atoms with Crippen molar-refractivity contribution in [2.24, 2.45) is 0 Å². The number of para-hydroxylation sites is 2. The highest BCUT2D eigenvalue weighted by atomic mass is 15.2. The van der Waals surface area contributed by atoms with Crippen LogP contribution >= 0.6 is 0 Å². The molecule has 0 bridgehead atoms. The van der Waals surface area contributed by atoms with Crippen LogP contribution in [0.15, 0.2) is 176 Å². The molecule has 0 unspecified atom stereocenters. The van der Waals surface area contributed by atoms with Crippen molar-refractivity contribution in [3.63, 3.8) is 0 Å². The van der Waals surface area contributed by atoms with Gasteiger partial charge in [-0.3, -0.25) is 0 Å². The van der Waals surface area contributed by atoms with Gasteiger partial charge in [-0.15, -0.1) is 0 Å². The normalized spacial score (nSPS) is 14.0. The van der Waals surface area contributed by atoms with Crippen molar-refractivity contribution < 1.29 is 0 Å². The van der Waals surface area contributed by atoms with Gasteiger partial charge in [-0.1, -0.05) is 158 Å². The molecule has 1 heteroatoms. The lowest BCUT2D eigenvalue weighted by atomic mass is 9.70. The van der Waals surface area contributed by atoms with Gasteiger partial charge in [-0.25, -0.2) is 0 Å². The molecule has 1 nitrogen and oxygen atoms in total. The summed E-state index contributed by atoms with van der Waals surface area (Å²) in [5, 5.41) is 2.62. The van der Waals surface area contributed by atoms with E-state index in [1.165, 1.54) is 94.6 Å². The third-order valence-corrected chi connectivity index (χ3v) is 11.0. The van der Waals surface area contributed by atoms with Crippen LogP contribution in [-0.4, -0.2) is 0 Å². The number of hydrogen-bond donors (Lipinski definition) is 0. The van der Waals surface area contributed by atoms with Gasteiger partial charge in [0.2, 0.25) is 0 Å². The van der Waals surface area contributed by atoms with Crippen LogP contribution in [0.25, 0.3) is 55.3 Å². The molecule has 0 radical (unpaired) electrons. The molecular weight excluding hydrogens is 579 g/mol. The van der Waals surface area contributed by atoms with Crippen molar-refractivity contribution in [3.05, 3.63) is 198 Å². The first kappa shape index (κ1) is 25.9. The van der Waals surface area contributed by atoms with E-state index in [-0.39, 0.29) is 0 Å². The van der Waals surface area contributed by atoms with E-state index in [1.54, 1.807) is 0 Å². The second-order valence-corrected chi connectivity index (χ2v) is 13.2. The number of nitrogens with zero attached hydrogens (tertiary/aromatic N) is 1. The average Bonchev–Trinajstić information content (AvgIpc) is 3.63. The zero-order valence-corrected chi connectivity index (χ0v) is 26.2. The molecule has 8 aromatic carbocycles. The molecule has 11 rings (SSSR count). The molecule has 8 aromatic rings. The number of hydrogen-bond acceptors (Lipinski definition) is 1. The molecule has 1 heterocycles. The quantitative estimate of drug-likeness (QED) is 0.189. The maximum atomic E-state index is 2.55. The first-order valence-electron chi connectivity index (χ1n) is 16.8. The molecule has 48 heavy (non-hydrogen) atoms. The summed E-state index contributed by atoms with van der Waals surface area (Å²) in [6.07, 6.45) is 0. The summed E-state index contributed by atoms with van der Waals surface area (Å²) in [6.45, 7) is 0. The van der Waals surface area contributed by atoms with Crippen molar-refractivity contribution in [2.75, 3.05) is 4.90 Å². The number of fused-ring (bicyclic) bond motifs is 13. The van der Waals surface area contributed by atoms with Crippen LogP contribution < -0.4 is 4.90 Å². The van der Waals surface area contributed by atoms with Gasteiger partial charge in [-0.2, -0.15) is 0 Å². The smallest absolute Gasteiger partial charge is 0.0726 e. The fourth-order valence-electron chi connectivity index (χ4n) is 9.25. The van der Waals surface area contributed by atoms with Gasteiger partial charge in [-0.05, 0) is 79.2 Å². The Balaban J connectivity index is 1.32. The van der Waals surface area contributed by atoms with Crippen LogP contribution in [0.3, 0.4) is 0 Å². The van der Waals surface area contributed by atoms with Gasteiger partial charge in [0.25, 0.3) is 0 Å². The lowest BCUT2D eigenvalue weighted by Crippen LogP contribution is -2.26. The zero-order chi connectivity index (χ0) is 31.4. The minimum Gasteiger partial charge on any atom is -0.309 e. The number of anilines is 3. The predicted molar refractivity (Wildman–Crippen MR) is 199 cm³/mol. The molecule has 0 aromatic heterocycles. The van der Waals surface area contributed by atoms with Gasteiger partial charge in [0.15, 0.2) is 0 Å². The fourth-order valence-corrected chi connectivity index (χ4v) is 9.25. The molecule has 222 valence electrons. The number of rotatable bonds is 2. The van der Waals surface area contributed by atoms with E-state index in [4.69, 9.17) is 0 Å². The Morgan fingerprint density at radius 1 is 0.333 bits per heavy atom. The van der Waals surface area contributed by atoms with Crippen molar-refractivity contribution in [3.8, 4) is 44.5 Å². The van der Waals surface area contributed by atoms with E-state index in [1.807, 2.05) is 0 Å². The highest BCUT2D eigenvalue weighted by Gasteiger charge is 2.52. The fraction of sp³-hybridized carbons (Fsp3) is 0.0213. The molecule has 1 spiro atoms. The lowest BCUT2D eigenvalue weighted by molar-refractivity contribution is 0.794. The van der Waals surface area contributed by atoms with E-state index in [0.717, 1.165) is 0 Å². The summed E-state index contributed by atoms with van der Waals surface area (Å²) < 4.78 is 0. The Labute approximate surface area is 280 Å². The van der Waals surface area contributed by atoms with Crippen LogP contribution in [0.4, 0.5) is 17.1 Å². The zero-order valence-electron chi connectivity index (χ0n) is 26.2. The highest BCUT2D eigenvalue weighted by Crippen LogP contribution is 2.66. The van der Waals surface area contributed by atoms with E-state index in [9.17, 15) is 0 Å². The Morgan fingerprint density at radius 3 is 1.52 bits per heavy atom. The van der Waals surface area contributed by atoms with Gasteiger partial charge >= 0.3 is 0 Å². The minimum atomic E-state index is -0.415. The van der Waals surface area contributed by atoms with Crippen molar-refractivity contribution in [1.82, 2.24) is 0 Å². The SMILES string of the molecule is c1ccc(-c2ccccc2N2c3ccccc3-c3cccc4c5c(cc2c34)C2(c3ccccc3-c3ccccc32)c2ccccc2-5)cc1. The van der Waals surface area contributed by atoms with Crippen molar-refractivity contribution in [2.45, 2.75) is 5.41 Å². The molecule has 0 fully saturated rings. The molecule has 0 atom stereocenters. The van der Waals surface area contributed by atoms with Gasteiger partial charge < -0.3 is 4.90 Å². The molecular formula is C47H29N. The third-order valence-electron chi connectivity index (χ3n) is 11.0. The molecule has 2 aliphatic carbocycles. The average molecular weight is 608 g/mol. The first-order chi connectivity index (χ1) is 23.9. The molecule has 0 saturated carbocycles. The van der Waals surface area contributed by atoms with E-state index in [2.05, 4.69) is 181 Å². The summed E-state index contributed by atoms with van der Waals surface area (Å²) in [6, 6.07) is 65.4. The second kappa shape index (κ2) is 9.44. The van der Waals surface area contributed by atoms with Gasteiger partial charge in [0.05, 0.1) is 22.5 Å². The van der Waals surface area contributed by atoms with Crippen molar-refractivity contribution >= 4 is 27.8 Å². The predicted octanol–water partition coefficient (Wildman–Crippen LogP) is 12.3. The summed E-state index contributed by atoms with van der Waals surface area (Å²) in [4.78, 5) is 2.54. The summed E-state index contributed by atoms with van der Waals surface area (Å²) in [5.41, 5.74) is 19.0. The maximum absolute atomic E-state index is 2.55. The van der Waals surface area contributed by atoms with Crippen LogP contribution in [-0.2, 0) is 5.41 Å². The van der Waals surface area contributed by atoms with Crippen LogP contribution in [0.5, 0.6) is 0 Å². The largest absolute Gasteiger partial charge is 0.309 e. The van der Waals surface area contributed by atoms with Gasteiger partial charge in [0.1, 0.15) is 0 Å². The summed E-state index contributed by atoms with van der Waals surface area (Å²) >= 11 is 0. The van der Waals surface area contributed by atoms with E-state index >= 15 is 0 Å². The second-order valence-electron chi connectivity index (χ2n) is 13.2. The monoisotopic (exact) mass is 607 g/mol. The van der Waals surface area contributed by atoms with Crippen LogP contribution in [0, 0.1) is 0 Å². The topological polar surface area (TPSA) is 3.24 Å². The molecule has 0 saturated heterocycles. The first-order valence-corrected chi connectivity index (χ1v) is 16.8. The van der Waals surface area contributed by atoms with Crippen LogP contribution in [0.1, 0.15) is 22.3 Å². The van der Waals surface area contributed by atoms with Gasteiger partial charge in [0, 0.05) is 16.5 Å². The molecule has 0 N–H and O–H groups in total. The Bertz CT molecular complexity index is 2580. The molecule has 0 amide bonds. The van der Waals surface area contributed by atoms with E-state index < -0.39 is 5.41 Å². The standard InChI is InChI=1S/C47H29N/c1-2-15-30(16-3-1)31-17-7-12-27-42(31)48-43-28-13-8-20-34(43)35-22-14-23-37-45-36-21-6-11-26-40(36)47(41(45)29-44(48)46(35)37)38-24-9-4-18-32(38)33-19-5-10-25-39(33)47/h1-29H. The summed E-state index contributed by atoms with van der Waals surface area (Å²) in [7, 11) is 0. The number of benzene rings is 8. The van der Waals surface area contributed by atoms with Crippen molar-refractivity contribution in [1.29, 1.82) is 0 Å². The summed E-state index contributed by atoms with van der Waals surface area (Å²) in [5.74, 6) is 0. The highest BCUT2D eigenvalue weighted by molar-refractivity contribution is 6.20. The Kier molecular flexibility index (Phi) is 5.10. The maximum Gasteiger partial charge on any atom is 0.0726 e. The third kappa shape index (κ3) is 3.11. The lowest BCUT2D eigenvalue weighted by Gasteiger charge is -2.37. The molecule has 3 aliphatic rings. The minimum absolute atomic E-state index is 0.415. The van der Waals surface area contributed by atoms with E-state index in [0.29, 0.717) is 0 Å². The Morgan fingerprint density at radius 2 is 0.833 bits per heavy atom. The Hall–Kier alpha value is -6.18. The van der Waals surface area contributed by atoms with Crippen LogP contribution in [0.2, 0.25) is 0 Å². The molecule has 1 aliphatic heterocycles.